The Morgan fingerprint density at radius 3 is 2.59 bits per heavy atom. The summed E-state index contributed by atoms with van der Waals surface area (Å²) < 4.78 is 16.7. The molecule has 0 saturated heterocycles. The summed E-state index contributed by atoms with van der Waals surface area (Å²) in [7, 11) is 1.49. The number of nitrogens with zero attached hydrogens (tertiary/aromatic N) is 1. The molecule has 196 valence electrons. The number of pyridine rings is 1. The molecule has 0 radical (unpaired) electrons. The number of rotatable bonds is 10. The van der Waals surface area contributed by atoms with E-state index in [2.05, 4.69) is 0 Å². The van der Waals surface area contributed by atoms with Crippen molar-refractivity contribution in [2.45, 2.75) is 44.8 Å². The van der Waals surface area contributed by atoms with Crippen LogP contribution in [0.2, 0.25) is 0 Å². The number of carbonyl (C=O) groups is 1. The predicted octanol–water partition coefficient (Wildman–Crippen LogP) is 3.87. The monoisotopic (exact) mass is 506 g/mol. The third-order valence-electron chi connectivity index (χ3n) is 6.65. The number of carbonyl (C=O) groups excluding carboxylic acids is 1. The van der Waals surface area contributed by atoms with Gasteiger partial charge in [-0.2, -0.15) is 0 Å². The highest BCUT2D eigenvalue weighted by molar-refractivity contribution is 5.96. The Kier molecular flexibility index (Phi) is 7.54. The Hall–Kier alpha value is -3.46. The van der Waals surface area contributed by atoms with Crippen LogP contribution >= 0.6 is 0 Å². The first-order chi connectivity index (χ1) is 17.6. The second-order valence-electron chi connectivity index (χ2n) is 9.94. The Morgan fingerprint density at radius 2 is 1.92 bits per heavy atom. The van der Waals surface area contributed by atoms with E-state index >= 15 is 0 Å². The molecule has 2 atom stereocenters. The number of Topliss-reactive ketones (excluding diaryl/α,β-unsaturated/α-hetero) is 1. The number of ether oxygens (including phenoxy) is 3. The van der Waals surface area contributed by atoms with Crippen molar-refractivity contribution in [1.82, 2.24) is 4.98 Å². The van der Waals surface area contributed by atoms with Crippen molar-refractivity contribution in [1.29, 1.82) is 0 Å². The summed E-state index contributed by atoms with van der Waals surface area (Å²) in [6.45, 7) is 5.87. The van der Waals surface area contributed by atoms with Gasteiger partial charge in [0.15, 0.2) is 23.0 Å². The van der Waals surface area contributed by atoms with Crippen LogP contribution in [0.1, 0.15) is 53.9 Å². The van der Waals surface area contributed by atoms with Gasteiger partial charge in [-0.3, -0.25) is 4.79 Å². The Morgan fingerprint density at radius 1 is 1.19 bits per heavy atom. The third kappa shape index (κ3) is 5.61. The lowest BCUT2D eigenvalue weighted by Gasteiger charge is -2.25. The molecule has 0 saturated carbocycles. The van der Waals surface area contributed by atoms with Gasteiger partial charge in [0.2, 0.25) is 0 Å². The quantitative estimate of drug-likeness (QED) is 0.354. The fourth-order valence-corrected chi connectivity index (χ4v) is 4.33. The summed E-state index contributed by atoms with van der Waals surface area (Å²) in [5.41, 5.74) is 8.66. The summed E-state index contributed by atoms with van der Waals surface area (Å²) in [4.78, 5) is 17.8. The maximum atomic E-state index is 13.0. The van der Waals surface area contributed by atoms with Gasteiger partial charge in [-0.05, 0) is 51.5 Å². The molecule has 0 unspecified atom stereocenters. The van der Waals surface area contributed by atoms with E-state index in [1.807, 2.05) is 38.1 Å². The van der Waals surface area contributed by atoms with Crippen LogP contribution < -0.4 is 19.9 Å². The minimum atomic E-state index is -1.39. The number of benzene rings is 2. The summed E-state index contributed by atoms with van der Waals surface area (Å²) in [6.07, 6.45) is 0.236. The first kappa shape index (κ1) is 26.6. The Labute approximate surface area is 217 Å². The lowest BCUT2D eigenvalue weighted by atomic mass is 9.88. The van der Waals surface area contributed by atoms with E-state index in [0.717, 1.165) is 16.7 Å². The number of nitrogens with two attached hydrogens (primary N) is 1. The van der Waals surface area contributed by atoms with Crippen LogP contribution in [0.3, 0.4) is 0 Å². The Balaban J connectivity index is 1.60. The number of fused-ring (bicyclic) bond motifs is 1. The SMILES string of the molecule is COc1cc(C(=O)CC[C@@](C)(O)c2cc3c(c(-c4ccc(C)cc4)n2)OC[C@]3(C)N)ccc1OCCO. The predicted molar refractivity (Wildman–Crippen MR) is 140 cm³/mol. The van der Waals surface area contributed by atoms with Gasteiger partial charge in [0, 0.05) is 23.1 Å². The molecule has 2 aromatic carbocycles. The molecule has 0 bridgehead atoms. The Bertz CT molecular complexity index is 1280. The van der Waals surface area contributed by atoms with Crippen molar-refractivity contribution >= 4 is 5.78 Å². The highest BCUT2D eigenvalue weighted by Crippen LogP contribution is 2.44. The van der Waals surface area contributed by atoms with Gasteiger partial charge in [-0.1, -0.05) is 29.8 Å². The molecule has 3 aromatic rings. The lowest BCUT2D eigenvalue weighted by Crippen LogP contribution is -2.35. The molecule has 8 nitrogen and oxygen atoms in total. The molecular formula is C29H34N2O6. The summed E-state index contributed by atoms with van der Waals surface area (Å²) in [5, 5.41) is 20.5. The second-order valence-corrected chi connectivity index (χ2v) is 9.94. The maximum absolute atomic E-state index is 13.0. The molecule has 1 aliphatic rings. The first-order valence-electron chi connectivity index (χ1n) is 12.3. The number of aryl methyl sites for hydroxylation is 1. The highest BCUT2D eigenvalue weighted by Gasteiger charge is 2.38. The zero-order valence-electron chi connectivity index (χ0n) is 21.7. The van der Waals surface area contributed by atoms with Crippen molar-refractivity contribution in [3.05, 3.63) is 70.9 Å². The van der Waals surface area contributed by atoms with Crippen LogP contribution in [0, 0.1) is 6.92 Å². The van der Waals surface area contributed by atoms with Crippen LogP contribution in [-0.2, 0) is 11.1 Å². The molecular weight excluding hydrogens is 472 g/mol. The molecule has 1 aliphatic heterocycles. The average molecular weight is 507 g/mol. The zero-order valence-corrected chi connectivity index (χ0v) is 21.7. The van der Waals surface area contributed by atoms with Gasteiger partial charge in [-0.25, -0.2) is 4.98 Å². The zero-order chi connectivity index (χ0) is 26.8. The largest absolute Gasteiger partial charge is 0.493 e. The molecule has 0 fully saturated rings. The number of aliphatic hydroxyl groups is 2. The summed E-state index contributed by atoms with van der Waals surface area (Å²) in [6, 6.07) is 14.6. The molecule has 8 heteroatoms. The van der Waals surface area contributed by atoms with Crippen LogP contribution in [0.15, 0.2) is 48.5 Å². The fourth-order valence-electron chi connectivity index (χ4n) is 4.33. The molecule has 37 heavy (non-hydrogen) atoms. The van der Waals surface area contributed by atoms with E-state index in [0.29, 0.717) is 40.8 Å². The van der Waals surface area contributed by atoms with Crippen molar-refractivity contribution in [2.24, 2.45) is 5.73 Å². The van der Waals surface area contributed by atoms with E-state index in [9.17, 15) is 9.90 Å². The topological polar surface area (TPSA) is 124 Å². The second kappa shape index (κ2) is 10.5. The minimum Gasteiger partial charge on any atom is -0.493 e. The van der Waals surface area contributed by atoms with Gasteiger partial charge in [0.1, 0.15) is 24.5 Å². The van der Waals surface area contributed by atoms with Gasteiger partial charge in [0.05, 0.1) is 24.9 Å². The highest BCUT2D eigenvalue weighted by atomic mass is 16.5. The van der Waals surface area contributed by atoms with Crippen molar-refractivity contribution in [2.75, 3.05) is 26.9 Å². The molecule has 1 aromatic heterocycles. The summed E-state index contributed by atoms with van der Waals surface area (Å²) in [5.74, 6) is 1.31. The standard InChI is InChI=1S/C29H34N2O6/c1-18-5-7-19(8-6-18)26-27-21(28(2,30)17-37-27)16-25(31-26)29(3,34)12-11-22(33)20-9-10-23(36-14-13-32)24(15-20)35-4/h5-10,15-16,32,34H,11-14,17,30H2,1-4H3/t28-,29+/m0/s1. The maximum Gasteiger partial charge on any atom is 0.163 e. The number of ketones is 1. The molecule has 0 aliphatic carbocycles. The van der Waals surface area contributed by atoms with Gasteiger partial charge < -0.3 is 30.2 Å². The molecule has 0 amide bonds. The van der Waals surface area contributed by atoms with Crippen LogP contribution in [0.5, 0.6) is 17.2 Å². The van der Waals surface area contributed by atoms with E-state index in [-0.39, 0.29) is 31.8 Å². The third-order valence-corrected chi connectivity index (χ3v) is 6.65. The van der Waals surface area contributed by atoms with Crippen LogP contribution in [0.25, 0.3) is 11.3 Å². The van der Waals surface area contributed by atoms with E-state index in [1.54, 1.807) is 31.2 Å². The van der Waals surface area contributed by atoms with Crippen molar-refractivity contribution < 1.29 is 29.2 Å². The molecule has 4 rings (SSSR count). The number of aromatic nitrogens is 1. The van der Waals surface area contributed by atoms with Crippen molar-refractivity contribution in [3.8, 4) is 28.5 Å². The van der Waals surface area contributed by atoms with Crippen LogP contribution in [0.4, 0.5) is 0 Å². The van der Waals surface area contributed by atoms with Crippen LogP contribution in [-0.4, -0.2) is 47.9 Å². The van der Waals surface area contributed by atoms with Gasteiger partial charge in [-0.15, -0.1) is 0 Å². The number of methoxy groups -OCH3 is 1. The summed E-state index contributed by atoms with van der Waals surface area (Å²) >= 11 is 0. The smallest absolute Gasteiger partial charge is 0.163 e. The van der Waals surface area contributed by atoms with Gasteiger partial charge in [0.25, 0.3) is 0 Å². The van der Waals surface area contributed by atoms with Gasteiger partial charge >= 0.3 is 0 Å². The van der Waals surface area contributed by atoms with E-state index < -0.39 is 11.1 Å². The average Bonchev–Trinajstić information content (AvgIpc) is 3.20. The minimum absolute atomic E-state index is 0.0853. The fraction of sp³-hybridized carbons (Fsp3) is 0.379. The molecule has 2 heterocycles. The number of aliphatic hydroxyl groups excluding tert-OH is 1. The molecule has 0 spiro atoms. The van der Waals surface area contributed by atoms with Crippen molar-refractivity contribution in [3.63, 3.8) is 0 Å². The van der Waals surface area contributed by atoms with E-state index in [1.165, 1.54) is 7.11 Å². The number of hydrogen-bond donors (Lipinski definition) is 3. The first-order valence-corrected chi connectivity index (χ1v) is 12.3. The number of hydrogen-bond acceptors (Lipinski definition) is 8. The van der Waals surface area contributed by atoms with E-state index in [4.69, 9.17) is 30.0 Å². The normalized spacial score (nSPS) is 18.0. The lowest BCUT2D eigenvalue weighted by molar-refractivity contribution is 0.0396. The molecule has 4 N–H and O–H groups in total.